The fourth-order valence-corrected chi connectivity index (χ4v) is 18.4. The average molecular weight is 389 g/mol. The van der Waals surface area contributed by atoms with Crippen LogP contribution in [-0.2, 0) is 11.8 Å². The van der Waals surface area contributed by atoms with Gasteiger partial charge in [-0.05, 0) is 0 Å². The SMILES string of the molecule is CC1=C(C)[C@@H]2[C@H](c3ccccc3)[Se][C@H]1P2(=S)c1ccccc1. The first kappa shape index (κ1) is 14.9. The molecule has 2 aliphatic rings. The molecular weight excluding hydrogens is 370 g/mol. The molecule has 4 atom stereocenters. The molecule has 1 fully saturated rings. The Morgan fingerprint density at radius 3 is 2.09 bits per heavy atom. The molecule has 0 spiro atoms. The van der Waals surface area contributed by atoms with Crippen molar-refractivity contribution in [3.63, 3.8) is 0 Å². The summed E-state index contributed by atoms with van der Waals surface area (Å²) < 4.78 is 0.674. The van der Waals surface area contributed by atoms with E-state index in [0.717, 1.165) is 0 Å². The van der Waals surface area contributed by atoms with Gasteiger partial charge >= 0.3 is 144 Å². The minimum absolute atomic E-state index is 0.584. The molecule has 112 valence electrons. The molecule has 1 saturated heterocycles. The van der Waals surface area contributed by atoms with Crippen LogP contribution in [0.5, 0.6) is 0 Å². The Labute approximate surface area is 144 Å². The van der Waals surface area contributed by atoms with Gasteiger partial charge in [0.15, 0.2) is 0 Å². The molecule has 3 heteroatoms. The Morgan fingerprint density at radius 2 is 1.45 bits per heavy atom. The monoisotopic (exact) mass is 390 g/mol. The summed E-state index contributed by atoms with van der Waals surface area (Å²) in [5, 5.41) is 1.46. The van der Waals surface area contributed by atoms with Crippen molar-refractivity contribution < 1.29 is 0 Å². The van der Waals surface area contributed by atoms with E-state index in [2.05, 4.69) is 74.5 Å². The summed E-state index contributed by atoms with van der Waals surface area (Å²) in [5.74, 6) is 0. The molecule has 0 aliphatic carbocycles. The number of hydrogen-bond acceptors (Lipinski definition) is 1. The van der Waals surface area contributed by atoms with Gasteiger partial charge in [0.2, 0.25) is 0 Å². The second kappa shape index (κ2) is 5.46. The second-order valence-corrected chi connectivity index (χ2v) is 14.4. The van der Waals surface area contributed by atoms with Gasteiger partial charge in [0.25, 0.3) is 0 Å². The summed E-state index contributed by atoms with van der Waals surface area (Å²) in [6.45, 7) is 4.68. The molecule has 0 saturated carbocycles. The maximum atomic E-state index is 6.46. The van der Waals surface area contributed by atoms with Crippen LogP contribution in [-0.4, -0.2) is 25.2 Å². The van der Waals surface area contributed by atoms with E-state index in [4.69, 9.17) is 11.8 Å². The summed E-state index contributed by atoms with van der Waals surface area (Å²) in [7, 11) is 0. The molecule has 2 bridgehead atoms. The Hall–Kier alpha value is -0.651. The van der Waals surface area contributed by atoms with Crippen LogP contribution in [0.3, 0.4) is 0 Å². The van der Waals surface area contributed by atoms with Crippen molar-refractivity contribution in [2.75, 3.05) is 0 Å². The Balaban J connectivity index is 1.86. The molecule has 2 aliphatic heterocycles. The number of hydrogen-bond donors (Lipinski definition) is 0. The zero-order valence-electron chi connectivity index (χ0n) is 12.8. The van der Waals surface area contributed by atoms with Gasteiger partial charge in [-0.1, -0.05) is 0 Å². The van der Waals surface area contributed by atoms with Crippen LogP contribution in [0, 0.1) is 0 Å². The van der Waals surface area contributed by atoms with Crippen molar-refractivity contribution in [2.24, 2.45) is 0 Å². The van der Waals surface area contributed by atoms with Crippen LogP contribution < -0.4 is 5.30 Å². The van der Waals surface area contributed by atoms with Crippen molar-refractivity contribution in [1.82, 2.24) is 0 Å². The second-order valence-electron chi connectivity index (χ2n) is 6.18. The summed E-state index contributed by atoms with van der Waals surface area (Å²) in [6.07, 6.45) is 0. The third-order valence-electron chi connectivity index (χ3n) is 5.05. The van der Waals surface area contributed by atoms with E-state index in [1.807, 2.05) is 0 Å². The van der Waals surface area contributed by atoms with E-state index in [-0.39, 0.29) is 0 Å². The summed E-state index contributed by atoms with van der Waals surface area (Å²) in [5.41, 5.74) is 5.31. The number of benzene rings is 2. The summed E-state index contributed by atoms with van der Waals surface area (Å²) >= 11 is 7.04. The van der Waals surface area contributed by atoms with Crippen LogP contribution in [0.25, 0.3) is 0 Å². The number of fused-ring (bicyclic) bond motifs is 2. The van der Waals surface area contributed by atoms with Crippen molar-refractivity contribution in [3.05, 3.63) is 77.4 Å². The van der Waals surface area contributed by atoms with Gasteiger partial charge in [0, 0.05) is 0 Å². The minimum atomic E-state index is -1.54. The molecule has 1 unspecified atom stereocenters. The van der Waals surface area contributed by atoms with Crippen LogP contribution in [0.1, 0.15) is 24.2 Å². The zero-order valence-corrected chi connectivity index (χ0v) is 16.2. The maximum absolute atomic E-state index is 6.46. The van der Waals surface area contributed by atoms with Gasteiger partial charge in [0.1, 0.15) is 0 Å². The number of rotatable bonds is 2. The molecule has 2 aromatic carbocycles. The molecule has 0 N–H and O–H groups in total. The van der Waals surface area contributed by atoms with Gasteiger partial charge < -0.3 is 0 Å². The molecule has 0 radical (unpaired) electrons. The molecule has 0 aromatic heterocycles. The molecule has 0 amide bonds. The first-order valence-electron chi connectivity index (χ1n) is 7.66. The quantitative estimate of drug-likeness (QED) is 0.419. The first-order valence-corrected chi connectivity index (χ1v) is 12.6. The average Bonchev–Trinajstić information content (AvgIpc) is 2.98. The third-order valence-corrected chi connectivity index (χ3v) is 17.8. The predicted molar refractivity (Wildman–Crippen MR) is 101 cm³/mol. The molecule has 4 rings (SSSR count). The van der Waals surface area contributed by atoms with E-state index in [1.165, 1.54) is 10.9 Å². The van der Waals surface area contributed by atoms with E-state index in [0.29, 0.717) is 30.0 Å². The van der Waals surface area contributed by atoms with Crippen LogP contribution in [0.15, 0.2) is 71.8 Å². The molecule has 22 heavy (non-hydrogen) atoms. The van der Waals surface area contributed by atoms with Gasteiger partial charge in [-0.2, -0.15) is 0 Å². The Morgan fingerprint density at radius 1 is 0.864 bits per heavy atom. The predicted octanol–water partition coefficient (Wildman–Crippen LogP) is 4.30. The molecule has 2 aromatic rings. The van der Waals surface area contributed by atoms with Crippen LogP contribution >= 0.6 is 6.04 Å². The Kier molecular flexibility index (Phi) is 3.70. The van der Waals surface area contributed by atoms with Crippen molar-refractivity contribution in [2.45, 2.75) is 28.9 Å². The Bertz CT molecular complexity index is 782. The van der Waals surface area contributed by atoms with Gasteiger partial charge in [-0.3, -0.25) is 0 Å². The first-order chi connectivity index (χ1) is 10.6. The van der Waals surface area contributed by atoms with Gasteiger partial charge in [0.05, 0.1) is 0 Å². The standard InChI is InChI=1S/C19H19PSSe/c1-13-14(2)19-20(21,16-11-7-4-8-12-16)17(13)18(22-19)15-9-5-3-6-10-15/h3-12,17-19H,1-2H3/t17-,18+,19-,20?/m1/s1. The molecule has 0 nitrogen and oxygen atoms in total. The third kappa shape index (κ3) is 1.98. The normalized spacial score (nSPS) is 33.5. The van der Waals surface area contributed by atoms with Crippen molar-refractivity contribution in [1.29, 1.82) is 0 Å². The zero-order chi connectivity index (χ0) is 15.3. The van der Waals surface area contributed by atoms with Crippen molar-refractivity contribution >= 4 is 38.1 Å². The van der Waals surface area contributed by atoms with E-state index in [9.17, 15) is 0 Å². The van der Waals surface area contributed by atoms with E-state index in [1.54, 1.807) is 11.1 Å². The van der Waals surface area contributed by atoms with E-state index < -0.39 is 6.04 Å². The van der Waals surface area contributed by atoms with Crippen LogP contribution in [0.4, 0.5) is 0 Å². The molecular formula is C19H19PSSe. The fourth-order valence-electron chi connectivity index (χ4n) is 3.84. The van der Waals surface area contributed by atoms with E-state index >= 15 is 0 Å². The fraction of sp³-hybridized carbons (Fsp3) is 0.263. The molecule has 2 heterocycles. The van der Waals surface area contributed by atoms with Crippen molar-refractivity contribution in [3.8, 4) is 0 Å². The summed E-state index contributed by atoms with van der Waals surface area (Å²) in [4.78, 5) is 0.674. The van der Waals surface area contributed by atoms with Crippen LogP contribution in [0.2, 0.25) is 0 Å². The summed E-state index contributed by atoms with van der Waals surface area (Å²) in [6, 6.07) is 20.5. The van der Waals surface area contributed by atoms with Gasteiger partial charge in [-0.15, -0.1) is 0 Å². The topological polar surface area (TPSA) is 0 Å². The van der Waals surface area contributed by atoms with Gasteiger partial charge in [-0.25, -0.2) is 0 Å². The number of allylic oxidation sites excluding steroid dienone is 2.